The van der Waals surface area contributed by atoms with Gasteiger partial charge in [-0.15, -0.1) is 24.0 Å². The molecule has 2 rings (SSSR count). The van der Waals surface area contributed by atoms with E-state index < -0.39 is 12.8 Å². The lowest BCUT2D eigenvalue weighted by Crippen LogP contribution is -2.41. The Balaban J connectivity index is 0.00000480. The van der Waals surface area contributed by atoms with Gasteiger partial charge in [0.05, 0.1) is 12.8 Å². The number of aryl methyl sites for hydroxylation is 1. The average Bonchev–Trinajstić information content (AvgIpc) is 3.22. The monoisotopic (exact) mass is 554 g/mol. The lowest BCUT2D eigenvalue weighted by molar-refractivity contribution is -0.153. The number of rotatable bonds is 9. The zero-order chi connectivity index (χ0) is 22.0. The molecule has 1 amide bonds. The van der Waals surface area contributed by atoms with E-state index in [1.165, 1.54) is 6.26 Å². The van der Waals surface area contributed by atoms with Crippen LogP contribution < -0.4 is 20.7 Å². The summed E-state index contributed by atoms with van der Waals surface area (Å²) in [5.41, 5.74) is 1.32. The van der Waals surface area contributed by atoms with Gasteiger partial charge in [0.2, 0.25) is 0 Å². The van der Waals surface area contributed by atoms with Crippen LogP contribution in [0.3, 0.4) is 0 Å². The maximum absolute atomic E-state index is 12.5. The number of ether oxygens (including phenoxy) is 1. The summed E-state index contributed by atoms with van der Waals surface area (Å²) in [7, 11) is 0. The summed E-state index contributed by atoms with van der Waals surface area (Å²) in [6.07, 6.45) is -3.00. The molecule has 0 bridgehead atoms. The molecule has 0 spiro atoms. The number of carbonyl (C=O) groups is 1. The predicted molar refractivity (Wildman–Crippen MR) is 122 cm³/mol. The Labute approximate surface area is 195 Å². The largest absolute Gasteiger partial charge is 0.484 e. The standard InChI is InChI=1S/C20H25F3N4O3.HI/c1-3-24-19(26-9-8-25-18(28)16-5-4-10-29-16)27-12-15-7-6-14(2)11-17(15)30-13-20(21,22)23;/h4-7,10-11H,3,8-9,12-13H2,1-2H3,(H,25,28)(H2,24,26,27);1H. The number of alkyl halides is 3. The molecule has 0 saturated heterocycles. The van der Waals surface area contributed by atoms with E-state index in [4.69, 9.17) is 9.15 Å². The van der Waals surface area contributed by atoms with Gasteiger partial charge >= 0.3 is 6.18 Å². The van der Waals surface area contributed by atoms with E-state index in [1.807, 2.05) is 6.92 Å². The number of furan rings is 1. The summed E-state index contributed by atoms with van der Waals surface area (Å²) < 4.78 is 47.5. The molecule has 0 aliphatic rings. The molecular formula is C20H26F3IN4O3. The minimum absolute atomic E-state index is 0. The van der Waals surface area contributed by atoms with Gasteiger partial charge in [-0.1, -0.05) is 12.1 Å². The fourth-order valence-electron chi connectivity index (χ4n) is 2.44. The van der Waals surface area contributed by atoms with Crippen molar-refractivity contribution in [2.45, 2.75) is 26.6 Å². The van der Waals surface area contributed by atoms with Gasteiger partial charge in [0.15, 0.2) is 18.3 Å². The van der Waals surface area contributed by atoms with Gasteiger partial charge in [0.1, 0.15) is 5.75 Å². The Morgan fingerprint density at radius 1 is 1.16 bits per heavy atom. The molecule has 1 heterocycles. The lowest BCUT2D eigenvalue weighted by Gasteiger charge is -2.14. The van der Waals surface area contributed by atoms with E-state index in [9.17, 15) is 18.0 Å². The summed E-state index contributed by atoms with van der Waals surface area (Å²) in [6.45, 7) is 3.74. The zero-order valence-corrected chi connectivity index (χ0v) is 19.5. The summed E-state index contributed by atoms with van der Waals surface area (Å²) in [4.78, 5) is 16.2. The van der Waals surface area contributed by atoms with E-state index in [0.717, 1.165) is 5.56 Å². The lowest BCUT2D eigenvalue weighted by atomic mass is 10.1. The van der Waals surface area contributed by atoms with Crippen LogP contribution in [0.15, 0.2) is 46.0 Å². The van der Waals surface area contributed by atoms with Gasteiger partial charge < -0.3 is 25.1 Å². The van der Waals surface area contributed by atoms with Crippen LogP contribution in [0.25, 0.3) is 0 Å². The number of hydrogen-bond acceptors (Lipinski definition) is 4. The molecule has 1 aromatic heterocycles. The fourth-order valence-corrected chi connectivity index (χ4v) is 2.44. The number of aliphatic imine (C=N–C) groups is 1. The van der Waals surface area contributed by atoms with Gasteiger partial charge in [-0.2, -0.15) is 13.2 Å². The van der Waals surface area contributed by atoms with Crippen molar-refractivity contribution >= 4 is 35.8 Å². The second-order valence-corrected chi connectivity index (χ2v) is 6.37. The SMILES string of the molecule is CCNC(=NCc1ccc(C)cc1OCC(F)(F)F)NCCNC(=O)c1ccco1.I. The van der Waals surface area contributed by atoms with Gasteiger partial charge in [-0.05, 0) is 37.6 Å². The molecule has 11 heteroatoms. The Morgan fingerprint density at radius 3 is 2.55 bits per heavy atom. The Hall–Kier alpha value is -2.44. The fraction of sp³-hybridized carbons (Fsp3) is 0.400. The van der Waals surface area contributed by atoms with Crippen molar-refractivity contribution in [2.24, 2.45) is 4.99 Å². The molecule has 7 nitrogen and oxygen atoms in total. The second kappa shape index (κ2) is 13.1. The highest BCUT2D eigenvalue weighted by Crippen LogP contribution is 2.24. The highest BCUT2D eigenvalue weighted by Gasteiger charge is 2.28. The molecule has 0 aliphatic carbocycles. The summed E-state index contributed by atoms with van der Waals surface area (Å²) in [5, 5.41) is 8.79. The van der Waals surface area contributed by atoms with Crippen LogP contribution >= 0.6 is 24.0 Å². The van der Waals surface area contributed by atoms with Gasteiger partial charge in [0.25, 0.3) is 5.91 Å². The Morgan fingerprint density at radius 2 is 1.90 bits per heavy atom. The second-order valence-electron chi connectivity index (χ2n) is 6.37. The highest BCUT2D eigenvalue weighted by molar-refractivity contribution is 14.0. The number of hydrogen-bond donors (Lipinski definition) is 3. The van der Waals surface area contributed by atoms with Crippen molar-refractivity contribution in [3.05, 3.63) is 53.5 Å². The Kier molecular flexibility index (Phi) is 11.2. The predicted octanol–water partition coefficient (Wildman–Crippen LogP) is 3.63. The van der Waals surface area contributed by atoms with Crippen molar-refractivity contribution in [1.29, 1.82) is 0 Å². The van der Waals surface area contributed by atoms with Gasteiger partial charge in [-0.3, -0.25) is 4.79 Å². The van der Waals surface area contributed by atoms with Crippen LogP contribution in [0.5, 0.6) is 5.75 Å². The smallest absolute Gasteiger partial charge is 0.422 e. The van der Waals surface area contributed by atoms with Gasteiger partial charge in [-0.25, -0.2) is 4.99 Å². The van der Waals surface area contributed by atoms with Crippen molar-refractivity contribution in [3.8, 4) is 5.75 Å². The van der Waals surface area contributed by atoms with Crippen LogP contribution in [0.1, 0.15) is 28.6 Å². The van der Waals surface area contributed by atoms with E-state index in [-0.39, 0.29) is 47.9 Å². The maximum Gasteiger partial charge on any atom is 0.422 e. The molecule has 0 aliphatic heterocycles. The van der Waals surface area contributed by atoms with E-state index in [0.29, 0.717) is 31.2 Å². The first kappa shape index (κ1) is 26.6. The molecule has 1 aromatic carbocycles. The third-order valence-corrected chi connectivity index (χ3v) is 3.81. The molecular weight excluding hydrogens is 528 g/mol. The van der Waals surface area contributed by atoms with Crippen molar-refractivity contribution < 1.29 is 27.1 Å². The average molecular weight is 554 g/mol. The van der Waals surface area contributed by atoms with Crippen LogP contribution in [0.4, 0.5) is 13.2 Å². The number of nitrogens with zero attached hydrogens (tertiary/aromatic N) is 1. The third kappa shape index (κ3) is 9.94. The number of nitrogens with one attached hydrogen (secondary N) is 3. The summed E-state index contributed by atoms with van der Waals surface area (Å²) in [6, 6.07) is 8.23. The summed E-state index contributed by atoms with van der Waals surface area (Å²) in [5.74, 6) is 0.515. The molecule has 2 aromatic rings. The number of amides is 1. The Bertz CT molecular complexity index is 843. The van der Waals surface area contributed by atoms with E-state index in [1.54, 1.807) is 37.3 Å². The quantitative estimate of drug-likeness (QED) is 0.191. The number of carbonyl (C=O) groups excluding carboxylic acids is 1. The maximum atomic E-state index is 12.5. The minimum Gasteiger partial charge on any atom is -0.484 e. The highest BCUT2D eigenvalue weighted by atomic mass is 127. The minimum atomic E-state index is -4.42. The first-order valence-electron chi connectivity index (χ1n) is 9.41. The number of benzene rings is 1. The summed E-state index contributed by atoms with van der Waals surface area (Å²) >= 11 is 0. The van der Waals surface area contributed by atoms with Crippen molar-refractivity contribution in [3.63, 3.8) is 0 Å². The molecule has 0 saturated carbocycles. The molecule has 0 atom stereocenters. The molecule has 0 radical (unpaired) electrons. The van der Waals surface area contributed by atoms with E-state index in [2.05, 4.69) is 20.9 Å². The molecule has 0 fully saturated rings. The van der Waals surface area contributed by atoms with Crippen molar-refractivity contribution in [1.82, 2.24) is 16.0 Å². The van der Waals surface area contributed by atoms with Crippen LogP contribution in [-0.4, -0.2) is 44.3 Å². The number of guanidine groups is 1. The molecule has 31 heavy (non-hydrogen) atoms. The normalized spacial score (nSPS) is 11.5. The van der Waals surface area contributed by atoms with E-state index >= 15 is 0 Å². The first-order chi connectivity index (χ1) is 14.3. The number of halogens is 4. The van der Waals surface area contributed by atoms with Crippen LogP contribution in [0, 0.1) is 6.92 Å². The van der Waals surface area contributed by atoms with Crippen LogP contribution in [-0.2, 0) is 6.54 Å². The molecule has 3 N–H and O–H groups in total. The topological polar surface area (TPSA) is 87.9 Å². The third-order valence-electron chi connectivity index (χ3n) is 3.81. The van der Waals surface area contributed by atoms with Crippen LogP contribution in [0.2, 0.25) is 0 Å². The zero-order valence-electron chi connectivity index (χ0n) is 17.2. The van der Waals surface area contributed by atoms with Crippen molar-refractivity contribution in [2.75, 3.05) is 26.2 Å². The molecule has 172 valence electrons. The first-order valence-corrected chi connectivity index (χ1v) is 9.41. The molecule has 0 unspecified atom stereocenters. The van der Waals surface area contributed by atoms with Gasteiger partial charge in [0, 0.05) is 25.2 Å².